The van der Waals surface area contributed by atoms with Crippen LogP contribution in [0, 0.1) is 0 Å². The van der Waals surface area contributed by atoms with E-state index in [1.165, 1.54) is 12.1 Å². The minimum absolute atomic E-state index is 0.237. The fraction of sp³-hybridized carbons (Fsp3) is 0.300. The summed E-state index contributed by atoms with van der Waals surface area (Å²) >= 11 is 1.65. The van der Waals surface area contributed by atoms with Crippen LogP contribution < -0.4 is 14.0 Å². The van der Waals surface area contributed by atoms with Crippen molar-refractivity contribution in [1.29, 1.82) is 0 Å². The van der Waals surface area contributed by atoms with Crippen molar-refractivity contribution in [3.05, 3.63) is 82.9 Å². The molecule has 2 heterocycles. The standard InChI is InChI=1S/C30H31NO8S2/c32-41(33,34)25-9-5-24(6-10-25)22-31-26-3-1-2-4-29(26)40-30(31)12-8-23-7-11-27-28(21-23)39-20-18-37-16-14-35-13-15-36-17-19-38-27/h1-12,21H,13-20,22H2/b12-8-. The number of ether oxygens (including phenoxy) is 5. The molecule has 216 valence electrons. The highest BCUT2D eigenvalue weighted by molar-refractivity contribution is 7.85. The molecule has 0 N–H and O–H groups in total. The molecule has 0 unspecified atom stereocenters. The number of nitrogens with zero attached hydrogens (tertiary/aromatic N) is 1. The van der Waals surface area contributed by atoms with Crippen LogP contribution in [0.25, 0.3) is 22.4 Å². The van der Waals surface area contributed by atoms with Crippen molar-refractivity contribution >= 4 is 43.8 Å². The Labute approximate surface area is 243 Å². The van der Waals surface area contributed by atoms with Gasteiger partial charge in [-0.25, -0.2) is 8.42 Å². The minimum atomic E-state index is -4.49. The third-order valence-corrected chi connectivity index (χ3v) is 8.27. The molecule has 1 aromatic heterocycles. The van der Waals surface area contributed by atoms with Crippen LogP contribution in [0.2, 0.25) is 0 Å². The van der Waals surface area contributed by atoms with Gasteiger partial charge in [-0.2, -0.15) is 4.57 Å². The van der Waals surface area contributed by atoms with E-state index in [2.05, 4.69) is 16.7 Å². The molecule has 1 aliphatic heterocycles. The molecule has 1 aliphatic rings. The minimum Gasteiger partial charge on any atom is -0.744 e. The fourth-order valence-corrected chi connectivity index (χ4v) is 5.81. The highest BCUT2D eigenvalue weighted by Crippen LogP contribution is 2.30. The van der Waals surface area contributed by atoms with Gasteiger partial charge >= 0.3 is 0 Å². The summed E-state index contributed by atoms with van der Waals surface area (Å²) in [6, 6.07) is 20.0. The smallest absolute Gasteiger partial charge is 0.263 e. The molecule has 0 aliphatic carbocycles. The van der Waals surface area contributed by atoms with Crippen molar-refractivity contribution in [2.45, 2.75) is 11.4 Å². The third kappa shape index (κ3) is 8.13. The molecule has 0 radical (unpaired) electrons. The molecule has 0 bridgehead atoms. The van der Waals surface area contributed by atoms with E-state index in [9.17, 15) is 13.0 Å². The molecule has 0 spiro atoms. The van der Waals surface area contributed by atoms with Gasteiger partial charge in [0, 0.05) is 17.7 Å². The fourth-order valence-electron chi connectivity index (χ4n) is 4.27. The summed E-state index contributed by atoms with van der Waals surface area (Å²) in [6.07, 6.45) is 4.07. The lowest BCUT2D eigenvalue weighted by Crippen LogP contribution is -2.35. The molecule has 5 rings (SSSR count). The van der Waals surface area contributed by atoms with Gasteiger partial charge in [-0.05, 0) is 42.0 Å². The van der Waals surface area contributed by atoms with E-state index in [1.54, 1.807) is 23.5 Å². The number of thiazole rings is 1. The van der Waals surface area contributed by atoms with Gasteiger partial charge in [-0.1, -0.05) is 41.7 Å². The topological polar surface area (TPSA) is 107 Å². The van der Waals surface area contributed by atoms with E-state index in [1.807, 2.05) is 42.5 Å². The summed E-state index contributed by atoms with van der Waals surface area (Å²) in [5.74, 6) is 1.26. The van der Waals surface area contributed by atoms with E-state index in [0.29, 0.717) is 70.9 Å². The lowest BCUT2D eigenvalue weighted by Gasteiger charge is -2.13. The lowest BCUT2D eigenvalue weighted by molar-refractivity contribution is -0.659. The number of fused-ring (bicyclic) bond motifs is 2. The second-order valence-electron chi connectivity index (χ2n) is 9.17. The Morgan fingerprint density at radius 1 is 0.756 bits per heavy atom. The second kappa shape index (κ2) is 14.0. The summed E-state index contributed by atoms with van der Waals surface area (Å²) in [7, 11) is -4.49. The van der Waals surface area contributed by atoms with Crippen LogP contribution in [0.4, 0.5) is 0 Å². The van der Waals surface area contributed by atoms with Gasteiger partial charge in [-0.3, -0.25) is 0 Å². The maximum Gasteiger partial charge on any atom is 0.263 e. The van der Waals surface area contributed by atoms with E-state index < -0.39 is 10.1 Å². The molecule has 0 amide bonds. The second-order valence-corrected chi connectivity index (χ2v) is 11.6. The predicted molar refractivity (Wildman–Crippen MR) is 154 cm³/mol. The quantitative estimate of drug-likeness (QED) is 0.250. The molecule has 0 atom stereocenters. The maximum atomic E-state index is 11.3. The number of para-hydroxylation sites is 1. The van der Waals surface area contributed by atoms with Crippen LogP contribution in [-0.2, 0) is 30.9 Å². The number of hydrogen-bond donors (Lipinski definition) is 0. The molecule has 11 heteroatoms. The monoisotopic (exact) mass is 597 g/mol. The Kier molecular flexibility index (Phi) is 9.99. The van der Waals surface area contributed by atoms with Gasteiger partial charge in [-0.15, -0.1) is 0 Å². The molecule has 0 saturated heterocycles. The predicted octanol–water partition coefficient (Wildman–Crippen LogP) is 4.13. The van der Waals surface area contributed by atoms with Crippen molar-refractivity contribution in [3.8, 4) is 11.5 Å². The largest absolute Gasteiger partial charge is 0.744 e. The number of rotatable bonds is 5. The number of benzene rings is 3. The van der Waals surface area contributed by atoms with Crippen LogP contribution in [0.15, 0.2) is 71.6 Å². The van der Waals surface area contributed by atoms with Crippen LogP contribution >= 0.6 is 11.3 Å². The van der Waals surface area contributed by atoms with Crippen LogP contribution in [0.1, 0.15) is 16.1 Å². The van der Waals surface area contributed by atoms with Crippen molar-refractivity contribution < 1.29 is 41.2 Å². The van der Waals surface area contributed by atoms with Gasteiger partial charge in [0.2, 0.25) is 5.52 Å². The first-order valence-corrected chi connectivity index (χ1v) is 15.5. The van der Waals surface area contributed by atoms with E-state index in [0.717, 1.165) is 26.4 Å². The average Bonchev–Trinajstić information content (AvgIpc) is 3.31. The average molecular weight is 598 g/mol. The zero-order chi connectivity index (χ0) is 28.5. The molecular formula is C30H31NO8S2. The summed E-state index contributed by atoms with van der Waals surface area (Å²) in [6.45, 7) is 4.19. The highest BCUT2D eigenvalue weighted by Gasteiger charge is 2.19. The first-order chi connectivity index (χ1) is 20.0. The van der Waals surface area contributed by atoms with Gasteiger partial charge in [0.25, 0.3) is 5.01 Å². The SMILES string of the molecule is O=S(=O)([O-])c1ccc(C[n+]2c(/C=C\c3ccc4c(c3)OCCOCCOCCOCCO4)sc3ccccc32)cc1. The van der Waals surface area contributed by atoms with Gasteiger partial charge < -0.3 is 28.2 Å². The maximum absolute atomic E-state index is 11.3. The molecule has 41 heavy (non-hydrogen) atoms. The van der Waals surface area contributed by atoms with Gasteiger partial charge in [0.05, 0.1) is 44.5 Å². The lowest BCUT2D eigenvalue weighted by atomic mass is 10.2. The number of hydrogen-bond acceptors (Lipinski definition) is 9. The normalized spacial score (nSPS) is 15.9. The van der Waals surface area contributed by atoms with Crippen molar-refractivity contribution in [2.75, 3.05) is 52.9 Å². The van der Waals surface area contributed by atoms with Crippen molar-refractivity contribution in [1.82, 2.24) is 0 Å². The van der Waals surface area contributed by atoms with Crippen LogP contribution in [-0.4, -0.2) is 65.8 Å². The molecular weight excluding hydrogens is 566 g/mol. The Morgan fingerprint density at radius 3 is 2.07 bits per heavy atom. The molecule has 4 aromatic rings. The summed E-state index contributed by atoms with van der Waals surface area (Å²) < 4.78 is 65.8. The molecule has 3 aromatic carbocycles. The van der Waals surface area contributed by atoms with E-state index in [-0.39, 0.29) is 4.90 Å². The first-order valence-electron chi connectivity index (χ1n) is 13.2. The Morgan fingerprint density at radius 2 is 1.39 bits per heavy atom. The summed E-state index contributed by atoms with van der Waals surface area (Å²) in [5.41, 5.74) is 2.87. The zero-order valence-electron chi connectivity index (χ0n) is 22.4. The third-order valence-electron chi connectivity index (χ3n) is 6.29. The Hall–Kier alpha value is -3.32. The molecule has 9 nitrogen and oxygen atoms in total. The summed E-state index contributed by atoms with van der Waals surface area (Å²) in [4.78, 5) is -0.237. The molecule has 0 fully saturated rings. The van der Waals surface area contributed by atoms with Gasteiger partial charge in [0.15, 0.2) is 18.0 Å². The van der Waals surface area contributed by atoms with Crippen molar-refractivity contribution in [2.24, 2.45) is 0 Å². The van der Waals surface area contributed by atoms with Crippen LogP contribution in [0.5, 0.6) is 11.5 Å². The van der Waals surface area contributed by atoms with Crippen LogP contribution in [0.3, 0.4) is 0 Å². The van der Waals surface area contributed by atoms with E-state index in [4.69, 9.17) is 23.7 Å². The van der Waals surface area contributed by atoms with Crippen molar-refractivity contribution in [3.63, 3.8) is 0 Å². The van der Waals surface area contributed by atoms with E-state index >= 15 is 0 Å². The Balaban J connectivity index is 1.38. The summed E-state index contributed by atoms with van der Waals surface area (Å²) in [5, 5.41) is 1.01. The van der Waals surface area contributed by atoms with Gasteiger partial charge in [0.1, 0.15) is 28.0 Å². The zero-order valence-corrected chi connectivity index (χ0v) is 24.0. The molecule has 0 saturated carbocycles. The Bertz CT molecular complexity index is 1580. The first kappa shape index (κ1) is 29.2. The highest BCUT2D eigenvalue weighted by atomic mass is 32.2. The number of aromatic nitrogens is 1.